The van der Waals surface area contributed by atoms with Gasteiger partial charge in [-0.25, -0.2) is 0 Å². The van der Waals surface area contributed by atoms with Crippen LogP contribution in [0.1, 0.15) is 5.56 Å². The Morgan fingerprint density at radius 2 is 0.659 bits per heavy atom. The molecule has 218 valence electrons. The lowest BCUT2D eigenvalue weighted by Crippen LogP contribution is -2.10. The van der Waals surface area contributed by atoms with Gasteiger partial charge in [0.25, 0.3) is 0 Å². The molecule has 0 N–H and O–H groups in total. The number of benzene rings is 6. The van der Waals surface area contributed by atoms with Crippen molar-refractivity contribution < 1.29 is 9.47 Å². The molecule has 0 atom stereocenters. The molecule has 0 aliphatic heterocycles. The van der Waals surface area contributed by atoms with Gasteiger partial charge in [0.1, 0.15) is 11.5 Å². The average Bonchev–Trinajstić information content (AvgIpc) is 3.08. The number of anilines is 6. The zero-order chi connectivity index (χ0) is 30.5. The van der Waals surface area contributed by atoms with Crippen LogP contribution < -0.4 is 19.3 Å². The normalized spacial score (nSPS) is 10.7. The number of halogens is 1. The van der Waals surface area contributed by atoms with Gasteiger partial charge in [-0.3, -0.25) is 0 Å². The lowest BCUT2D eigenvalue weighted by molar-refractivity contribution is 0.414. The Morgan fingerprint density at radius 1 is 0.386 bits per heavy atom. The summed E-state index contributed by atoms with van der Waals surface area (Å²) < 4.78 is 11.8. The van der Waals surface area contributed by atoms with Crippen LogP contribution in [0.25, 0.3) is 11.1 Å². The molecule has 0 saturated carbocycles. The van der Waals surface area contributed by atoms with Gasteiger partial charge in [-0.05, 0) is 127 Å². The van der Waals surface area contributed by atoms with E-state index < -0.39 is 0 Å². The summed E-state index contributed by atoms with van der Waals surface area (Å²) in [5, 5.41) is 0. The molecule has 0 aliphatic rings. The predicted molar refractivity (Wildman–Crippen MR) is 187 cm³/mol. The number of methoxy groups -OCH3 is 2. The number of ether oxygens (including phenoxy) is 2. The lowest BCUT2D eigenvalue weighted by Gasteiger charge is -2.26. The fourth-order valence-electron chi connectivity index (χ4n) is 5.25. The van der Waals surface area contributed by atoms with Crippen LogP contribution in [0.4, 0.5) is 34.1 Å². The zero-order valence-corrected chi connectivity index (χ0v) is 26.5. The number of rotatable bonds is 9. The van der Waals surface area contributed by atoms with Crippen LogP contribution >= 0.6 is 15.9 Å². The Balaban J connectivity index is 1.31. The van der Waals surface area contributed by atoms with Crippen molar-refractivity contribution in [3.05, 3.63) is 156 Å². The van der Waals surface area contributed by atoms with Crippen LogP contribution in [0.3, 0.4) is 0 Å². The first kappa shape index (κ1) is 29.1. The molecule has 0 spiro atoms. The molecular weight excluding hydrogens is 608 g/mol. The third-order valence-corrected chi connectivity index (χ3v) is 8.15. The fraction of sp³-hybridized carbons (Fsp3) is 0.0769. The highest BCUT2D eigenvalue weighted by Gasteiger charge is 2.15. The van der Waals surface area contributed by atoms with Crippen LogP contribution in [0.5, 0.6) is 11.5 Å². The summed E-state index contributed by atoms with van der Waals surface area (Å²) in [5.41, 5.74) is 9.99. The summed E-state index contributed by atoms with van der Waals surface area (Å²) in [7, 11) is 3.38. The van der Waals surface area contributed by atoms with E-state index in [0.29, 0.717) is 0 Å². The molecule has 0 bridgehead atoms. The summed E-state index contributed by atoms with van der Waals surface area (Å²) in [6.45, 7) is 2.11. The van der Waals surface area contributed by atoms with Crippen molar-refractivity contribution in [2.45, 2.75) is 6.92 Å². The average molecular weight is 642 g/mol. The molecule has 6 aromatic carbocycles. The van der Waals surface area contributed by atoms with E-state index in [1.807, 2.05) is 24.3 Å². The van der Waals surface area contributed by atoms with Gasteiger partial charge >= 0.3 is 0 Å². The van der Waals surface area contributed by atoms with Gasteiger partial charge in [-0.2, -0.15) is 0 Å². The molecule has 5 heteroatoms. The summed E-state index contributed by atoms with van der Waals surface area (Å²) >= 11 is 3.57. The molecule has 0 aromatic heterocycles. The Labute approximate surface area is 267 Å². The van der Waals surface area contributed by atoms with Gasteiger partial charge in [-0.15, -0.1) is 0 Å². The smallest absolute Gasteiger partial charge is 0.119 e. The first-order valence-electron chi connectivity index (χ1n) is 14.4. The van der Waals surface area contributed by atoms with E-state index in [1.165, 1.54) is 5.56 Å². The molecular formula is C39H33BrN2O2. The predicted octanol–water partition coefficient (Wildman–Crippen LogP) is 11.4. The zero-order valence-electron chi connectivity index (χ0n) is 24.9. The van der Waals surface area contributed by atoms with Crippen molar-refractivity contribution in [2.75, 3.05) is 24.0 Å². The molecule has 0 fully saturated rings. The minimum absolute atomic E-state index is 0.830. The molecule has 44 heavy (non-hydrogen) atoms. The second-order valence-corrected chi connectivity index (χ2v) is 11.4. The van der Waals surface area contributed by atoms with Crippen molar-refractivity contribution in [3.8, 4) is 22.6 Å². The highest BCUT2D eigenvalue weighted by Crippen LogP contribution is 2.39. The third kappa shape index (κ3) is 6.34. The Hall–Kier alpha value is -5.00. The van der Waals surface area contributed by atoms with Gasteiger partial charge in [0, 0.05) is 38.6 Å². The maximum absolute atomic E-state index is 5.40. The SMILES string of the molecule is COc1ccc(N(c2ccc(C)cc2)c2ccc(-c3ccc(N(c4ccc(Br)cc4)c4ccc(OC)cc4)cc3)cc2)cc1. The first-order valence-corrected chi connectivity index (χ1v) is 15.2. The second-order valence-electron chi connectivity index (χ2n) is 10.5. The molecule has 6 aromatic rings. The largest absolute Gasteiger partial charge is 0.497 e. The molecule has 0 heterocycles. The fourth-order valence-corrected chi connectivity index (χ4v) is 5.51. The van der Waals surface area contributed by atoms with Crippen molar-refractivity contribution >= 4 is 50.1 Å². The van der Waals surface area contributed by atoms with Crippen molar-refractivity contribution in [1.29, 1.82) is 0 Å². The van der Waals surface area contributed by atoms with Crippen LogP contribution in [0, 0.1) is 6.92 Å². The van der Waals surface area contributed by atoms with Crippen molar-refractivity contribution in [2.24, 2.45) is 0 Å². The third-order valence-electron chi connectivity index (χ3n) is 7.62. The molecule has 0 radical (unpaired) electrons. The number of hydrogen-bond donors (Lipinski definition) is 0. The summed E-state index contributed by atoms with van der Waals surface area (Å²) in [6.07, 6.45) is 0. The van der Waals surface area contributed by atoms with Crippen molar-refractivity contribution in [1.82, 2.24) is 0 Å². The van der Waals surface area contributed by atoms with Gasteiger partial charge < -0.3 is 19.3 Å². The van der Waals surface area contributed by atoms with E-state index in [2.05, 4.69) is 154 Å². The minimum Gasteiger partial charge on any atom is -0.497 e. The molecule has 0 amide bonds. The van der Waals surface area contributed by atoms with Crippen LogP contribution in [0.2, 0.25) is 0 Å². The van der Waals surface area contributed by atoms with Crippen molar-refractivity contribution in [3.63, 3.8) is 0 Å². The van der Waals surface area contributed by atoms with Gasteiger partial charge in [0.15, 0.2) is 0 Å². The molecule has 6 rings (SSSR count). The van der Waals surface area contributed by atoms with E-state index in [1.54, 1.807) is 14.2 Å². The molecule has 0 aliphatic carbocycles. The highest BCUT2D eigenvalue weighted by molar-refractivity contribution is 9.10. The number of aryl methyl sites for hydroxylation is 1. The molecule has 0 unspecified atom stereocenters. The first-order chi connectivity index (χ1) is 21.5. The van der Waals surface area contributed by atoms with Gasteiger partial charge in [0.05, 0.1) is 14.2 Å². The van der Waals surface area contributed by atoms with Crippen LogP contribution in [0.15, 0.2) is 150 Å². The monoisotopic (exact) mass is 640 g/mol. The van der Waals surface area contributed by atoms with E-state index >= 15 is 0 Å². The summed E-state index contributed by atoms with van der Waals surface area (Å²) in [5.74, 6) is 1.67. The number of nitrogens with zero attached hydrogens (tertiary/aromatic N) is 2. The molecule has 0 saturated heterocycles. The van der Waals surface area contributed by atoms with E-state index in [4.69, 9.17) is 9.47 Å². The second kappa shape index (κ2) is 13.1. The van der Waals surface area contributed by atoms with Gasteiger partial charge in [-0.1, -0.05) is 57.9 Å². The van der Waals surface area contributed by atoms with E-state index in [9.17, 15) is 0 Å². The summed E-state index contributed by atoms with van der Waals surface area (Å²) in [4.78, 5) is 4.50. The van der Waals surface area contributed by atoms with Crippen LogP contribution in [-0.2, 0) is 0 Å². The Bertz CT molecular complexity index is 1660. The van der Waals surface area contributed by atoms with Crippen LogP contribution in [-0.4, -0.2) is 14.2 Å². The highest BCUT2D eigenvalue weighted by atomic mass is 79.9. The topological polar surface area (TPSA) is 24.9 Å². The lowest BCUT2D eigenvalue weighted by atomic mass is 10.0. The Kier molecular flexibility index (Phi) is 8.67. The maximum atomic E-state index is 5.40. The quantitative estimate of drug-likeness (QED) is 0.157. The Morgan fingerprint density at radius 3 is 0.977 bits per heavy atom. The summed E-state index contributed by atoms with van der Waals surface area (Å²) in [6, 6.07) is 50.7. The maximum Gasteiger partial charge on any atom is 0.119 e. The van der Waals surface area contributed by atoms with E-state index in [0.717, 1.165) is 61.2 Å². The number of hydrogen-bond acceptors (Lipinski definition) is 4. The van der Waals surface area contributed by atoms with E-state index in [-0.39, 0.29) is 0 Å². The molecule has 4 nitrogen and oxygen atoms in total. The van der Waals surface area contributed by atoms with Gasteiger partial charge in [0.2, 0.25) is 0 Å². The standard InChI is InChI=1S/C39H33BrN2O2/c1-28-4-12-32(13-5-28)41(36-20-24-38(43-2)25-21-36)33-14-6-29(7-15-33)30-8-16-34(17-9-30)42(35-18-10-31(40)11-19-35)37-22-26-39(44-3)27-23-37/h4-27H,1-3H3. The minimum atomic E-state index is 0.830.